The van der Waals surface area contributed by atoms with Crippen molar-refractivity contribution < 1.29 is 13.5 Å². The van der Waals surface area contributed by atoms with Gasteiger partial charge in [-0.1, -0.05) is 50.2 Å². The van der Waals surface area contributed by atoms with Gasteiger partial charge in [0, 0.05) is 26.4 Å². The maximum Gasteiger partial charge on any atom is 0.286 e. The summed E-state index contributed by atoms with van der Waals surface area (Å²) in [6.45, 7) is 4.00. The van der Waals surface area contributed by atoms with Gasteiger partial charge in [0.15, 0.2) is 0 Å². The van der Waals surface area contributed by atoms with E-state index in [2.05, 4.69) is 20.3 Å². The van der Waals surface area contributed by atoms with Crippen molar-refractivity contribution in [2.45, 2.75) is 37.2 Å². The number of hydrogen-bond acceptors (Lipinski definition) is 4. The molecule has 0 radical (unpaired) electrons. The van der Waals surface area contributed by atoms with Crippen LogP contribution in [0.25, 0.3) is 21.3 Å². The fourth-order valence-electron chi connectivity index (χ4n) is 3.68. The first-order valence-electron chi connectivity index (χ1n) is 9.50. The molecular weight excluding hydrogens is 405 g/mol. The van der Waals surface area contributed by atoms with Crippen molar-refractivity contribution in [1.82, 2.24) is 10.3 Å². The van der Waals surface area contributed by atoms with E-state index < -0.39 is 23.8 Å². The fourth-order valence-corrected chi connectivity index (χ4v) is 4.08. The normalized spacial score (nSPS) is 17.3. The number of carbonyl (C=O) groups is 2. The second kappa shape index (κ2) is 9.58. The van der Waals surface area contributed by atoms with Gasteiger partial charge in [-0.2, -0.15) is 3.89 Å². The third-order valence-corrected chi connectivity index (χ3v) is 5.43. The number of ketones is 1. The Morgan fingerprint density at radius 2 is 1.87 bits per heavy atom. The van der Waals surface area contributed by atoms with Crippen LogP contribution >= 0.6 is 12.1 Å². The molecule has 30 heavy (non-hydrogen) atoms. The lowest BCUT2D eigenvalue weighted by Crippen LogP contribution is -2.47. The molecule has 1 amide bonds. The van der Waals surface area contributed by atoms with Gasteiger partial charge < -0.3 is 4.98 Å². The molecule has 154 valence electrons. The SMILES string of the molecule is CC.[N-]=[N+]=NC(=O)C(=O)[C@H]1Cc2c([nH]c3ccccc23)[C@H](c2ccccc2SF)N1. The van der Waals surface area contributed by atoms with Crippen LogP contribution in [0.4, 0.5) is 3.89 Å². The number of H-pyrrole nitrogens is 1. The monoisotopic (exact) mass is 425 g/mol. The van der Waals surface area contributed by atoms with E-state index in [1.807, 2.05) is 38.1 Å². The second-order valence-corrected chi connectivity index (χ2v) is 6.99. The number of azide groups is 1. The summed E-state index contributed by atoms with van der Waals surface area (Å²) in [7, 11) is 0. The lowest BCUT2D eigenvalue weighted by atomic mass is 9.88. The molecule has 0 saturated carbocycles. The number of para-hydroxylation sites is 1. The number of nitrogens with one attached hydrogen (secondary N) is 2. The van der Waals surface area contributed by atoms with E-state index in [4.69, 9.17) is 5.53 Å². The summed E-state index contributed by atoms with van der Waals surface area (Å²) < 4.78 is 13.5. The molecule has 1 aromatic heterocycles. The van der Waals surface area contributed by atoms with Crippen molar-refractivity contribution in [2.75, 3.05) is 0 Å². The number of fused-ring (bicyclic) bond motifs is 3. The van der Waals surface area contributed by atoms with Crippen molar-refractivity contribution in [3.63, 3.8) is 0 Å². The van der Waals surface area contributed by atoms with Crippen molar-refractivity contribution in [3.8, 4) is 0 Å². The third kappa shape index (κ3) is 3.95. The van der Waals surface area contributed by atoms with Gasteiger partial charge in [0.1, 0.15) is 0 Å². The summed E-state index contributed by atoms with van der Waals surface area (Å²) in [6.07, 6.45) is 0.256. The number of amides is 1. The van der Waals surface area contributed by atoms with Crippen LogP contribution in [-0.4, -0.2) is 22.7 Å². The Morgan fingerprint density at radius 1 is 1.17 bits per heavy atom. The molecule has 4 rings (SSSR count). The Morgan fingerprint density at radius 3 is 2.60 bits per heavy atom. The summed E-state index contributed by atoms with van der Waals surface area (Å²) in [4.78, 5) is 30.5. The van der Waals surface area contributed by atoms with Crippen LogP contribution < -0.4 is 5.32 Å². The van der Waals surface area contributed by atoms with Gasteiger partial charge in [0.25, 0.3) is 5.91 Å². The van der Waals surface area contributed by atoms with E-state index in [1.165, 1.54) is 0 Å². The average molecular weight is 425 g/mol. The van der Waals surface area contributed by atoms with Crippen molar-refractivity contribution >= 4 is 34.7 Å². The number of Topliss-reactive ketones (excluding diaryl/α,β-unsaturated/α-hetero) is 1. The zero-order valence-electron chi connectivity index (χ0n) is 16.4. The molecule has 1 aliphatic heterocycles. The van der Waals surface area contributed by atoms with Gasteiger partial charge in [0.2, 0.25) is 5.78 Å². The third-order valence-electron chi connectivity index (χ3n) is 4.89. The number of carbonyl (C=O) groups excluding carboxylic acids is 2. The van der Waals surface area contributed by atoms with Crippen LogP contribution in [-0.2, 0) is 16.0 Å². The van der Waals surface area contributed by atoms with E-state index in [0.717, 1.165) is 22.2 Å². The summed E-state index contributed by atoms with van der Waals surface area (Å²) >= 11 is 0.122. The van der Waals surface area contributed by atoms with Gasteiger partial charge >= 0.3 is 0 Å². The van der Waals surface area contributed by atoms with Gasteiger partial charge in [-0.25, -0.2) is 0 Å². The molecule has 2 aromatic carbocycles. The minimum absolute atomic E-state index is 0.122. The van der Waals surface area contributed by atoms with Crippen molar-refractivity contribution in [3.05, 3.63) is 75.8 Å². The molecule has 0 unspecified atom stereocenters. The minimum atomic E-state index is -1.14. The fraction of sp³-hybridized carbons (Fsp3) is 0.238. The number of benzene rings is 2. The molecule has 0 fully saturated rings. The van der Waals surface area contributed by atoms with Gasteiger partial charge in [-0.05, 0) is 40.3 Å². The Kier molecular flexibility index (Phi) is 6.89. The predicted molar refractivity (Wildman–Crippen MR) is 115 cm³/mol. The largest absolute Gasteiger partial charge is 0.357 e. The lowest BCUT2D eigenvalue weighted by Gasteiger charge is -2.31. The predicted octanol–water partition coefficient (Wildman–Crippen LogP) is 5.18. The Bertz CT molecular complexity index is 1140. The number of rotatable bonds is 4. The van der Waals surface area contributed by atoms with E-state index in [-0.39, 0.29) is 18.6 Å². The smallest absolute Gasteiger partial charge is 0.286 e. The first-order chi connectivity index (χ1) is 14.6. The Balaban J connectivity index is 0.00000124. The van der Waals surface area contributed by atoms with Crippen LogP contribution in [0.5, 0.6) is 0 Å². The number of halogens is 1. The molecule has 2 N–H and O–H groups in total. The molecule has 9 heteroatoms. The van der Waals surface area contributed by atoms with Crippen LogP contribution in [0, 0.1) is 0 Å². The van der Waals surface area contributed by atoms with Gasteiger partial charge in [0.05, 0.1) is 24.2 Å². The van der Waals surface area contributed by atoms with E-state index in [0.29, 0.717) is 10.5 Å². The van der Waals surface area contributed by atoms with Crippen LogP contribution in [0.3, 0.4) is 0 Å². The molecule has 0 bridgehead atoms. The van der Waals surface area contributed by atoms with Crippen LogP contribution in [0.2, 0.25) is 0 Å². The molecule has 0 spiro atoms. The zero-order chi connectivity index (χ0) is 21.7. The molecule has 2 atom stereocenters. The molecule has 2 heterocycles. The second-order valence-electron chi connectivity index (χ2n) is 6.39. The summed E-state index contributed by atoms with van der Waals surface area (Å²) in [5, 5.41) is 6.99. The molecule has 0 saturated heterocycles. The topological polar surface area (TPSA) is 111 Å². The summed E-state index contributed by atoms with van der Waals surface area (Å²) in [5.74, 6) is -1.96. The highest BCUT2D eigenvalue weighted by molar-refractivity contribution is 7.94. The summed E-state index contributed by atoms with van der Waals surface area (Å²) in [5.41, 5.74) is 11.7. The van der Waals surface area contributed by atoms with Gasteiger partial charge in [-0.15, -0.1) is 0 Å². The molecule has 3 aromatic rings. The first kappa shape index (κ1) is 21.6. The quantitative estimate of drug-likeness (QED) is 0.260. The standard InChI is InChI=1S/C19H14FN5O2S.C2H6/c20-28-15-8-4-2-6-11(15)16-17-12(10-5-1-3-7-13(10)22-17)9-14(23-16)18(26)19(27)24-25-21;1-2/h1-8,14,16,22-23H,9H2;1-2H3/t14-,16+;/m1./s1. The average Bonchev–Trinajstić information content (AvgIpc) is 3.18. The minimum Gasteiger partial charge on any atom is -0.357 e. The number of aromatic nitrogens is 1. The highest BCUT2D eigenvalue weighted by atomic mass is 32.2. The van der Waals surface area contributed by atoms with E-state index in [9.17, 15) is 13.5 Å². The first-order valence-corrected chi connectivity index (χ1v) is 10.2. The van der Waals surface area contributed by atoms with Crippen molar-refractivity contribution in [2.24, 2.45) is 5.11 Å². The summed E-state index contributed by atoms with van der Waals surface area (Å²) in [6, 6.07) is 13.2. The molecular formula is C21H20FN5O2S. The number of nitrogens with zero attached hydrogens (tertiary/aromatic N) is 3. The Hall–Kier alpha value is -3.13. The van der Waals surface area contributed by atoms with E-state index in [1.54, 1.807) is 24.3 Å². The lowest BCUT2D eigenvalue weighted by molar-refractivity contribution is -0.137. The van der Waals surface area contributed by atoms with Crippen LogP contribution in [0.1, 0.15) is 36.7 Å². The Labute approximate surface area is 177 Å². The molecule has 7 nitrogen and oxygen atoms in total. The number of aromatic amines is 1. The van der Waals surface area contributed by atoms with Crippen LogP contribution in [0.15, 0.2) is 58.5 Å². The highest BCUT2D eigenvalue weighted by Gasteiger charge is 2.36. The maximum absolute atomic E-state index is 13.5. The number of hydrogen-bond donors (Lipinski definition) is 2. The van der Waals surface area contributed by atoms with Gasteiger partial charge in [-0.3, -0.25) is 14.9 Å². The van der Waals surface area contributed by atoms with E-state index >= 15 is 0 Å². The molecule has 0 aliphatic carbocycles. The maximum atomic E-state index is 13.5. The highest BCUT2D eigenvalue weighted by Crippen LogP contribution is 2.38. The molecule has 1 aliphatic rings. The van der Waals surface area contributed by atoms with Crippen molar-refractivity contribution in [1.29, 1.82) is 0 Å². The zero-order valence-corrected chi connectivity index (χ0v) is 17.2.